The molecule has 0 bridgehead atoms. The van der Waals surface area contributed by atoms with Crippen LogP contribution in [0.3, 0.4) is 0 Å². The second-order valence-corrected chi connectivity index (χ2v) is 8.74. The average molecular weight is 399 g/mol. The molecule has 0 aliphatic heterocycles. The van der Waals surface area contributed by atoms with Crippen LogP contribution in [0.5, 0.6) is 0 Å². The van der Waals surface area contributed by atoms with Gasteiger partial charge in [-0.3, -0.25) is 9.59 Å². The van der Waals surface area contributed by atoms with Crippen LogP contribution in [0.25, 0.3) is 0 Å². The first-order valence-corrected chi connectivity index (χ1v) is 11.0. The van der Waals surface area contributed by atoms with E-state index < -0.39 is 0 Å². The minimum atomic E-state index is -0.135. The molecule has 2 heterocycles. The summed E-state index contributed by atoms with van der Waals surface area (Å²) in [6, 6.07) is 10.5. The Bertz CT molecular complexity index is 1000. The highest BCUT2D eigenvalue weighted by Crippen LogP contribution is 2.30. The lowest BCUT2D eigenvalue weighted by Gasteiger charge is -2.19. The lowest BCUT2D eigenvalue weighted by atomic mass is 10.00. The Balaban J connectivity index is 1.52. The van der Waals surface area contributed by atoms with E-state index in [4.69, 9.17) is 0 Å². The molecule has 3 aromatic rings. The molecule has 1 amide bonds. The molecule has 1 aliphatic rings. The van der Waals surface area contributed by atoms with Crippen molar-refractivity contribution in [2.24, 2.45) is 0 Å². The van der Waals surface area contributed by atoms with Gasteiger partial charge < -0.3 is 9.88 Å². The van der Waals surface area contributed by atoms with E-state index in [0.717, 1.165) is 29.0 Å². The first-order valence-electron chi connectivity index (χ1n) is 9.21. The molecule has 140 valence electrons. The number of amides is 1. The van der Waals surface area contributed by atoms with Crippen molar-refractivity contribution in [3.05, 3.63) is 78.0 Å². The van der Waals surface area contributed by atoms with Crippen LogP contribution in [0.4, 0.5) is 0 Å². The minimum absolute atomic E-state index is 0.00581. The van der Waals surface area contributed by atoms with Crippen LogP contribution >= 0.6 is 22.7 Å². The van der Waals surface area contributed by atoms with E-state index in [9.17, 15) is 9.59 Å². The molecular formula is C21H22N2O2S2. The van der Waals surface area contributed by atoms with Crippen molar-refractivity contribution in [2.45, 2.75) is 45.2 Å². The van der Waals surface area contributed by atoms with Gasteiger partial charge in [0.05, 0.1) is 6.04 Å². The Kier molecular flexibility index (Phi) is 5.27. The van der Waals surface area contributed by atoms with E-state index in [-0.39, 0.29) is 16.8 Å². The maximum absolute atomic E-state index is 12.7. The third kappa shape index (κ3) is 3.92. The third-order valence-corrected chi connectivity index (χ3v) is 6.95. The Morgan fingerprint density at radius 1 is 1.22 bits per heavy atom. The lowest BCUT2D eigenvalue weighted by Crippen LogP contribution is -2.30. The largest absolute Gasteiger partial charge is 0.344 e. The number of hydrogen-bond acceptors (Lipinski definition) is 4. The SMILES string of the molecule is Cc1csc(=O)n1CCC(=O)N[C@@H](c1ccc2c(c1)CCC2)c1cccs1. The minimum Gasteiger partial charge on any atom is -0.344 e. The highest BCUT2D eigenvalue weighted by Gasteiger charge is 2.20. The zero-order valence-electron chi connectivity index (χ0n) is 15.2. The number of carbonyl (C=O) groups is 1. The summed E-state index contributed by atoms with van der Waals surface area (Å²) in [5.41, 5.74) is 4.88. The number of carbonyl (C=O) groups excluding carboxylic acids is 1. The number of fused-ring (bicyclic) bond motifs is 1. The van der Waals surface area contributed by atoms with Crippen molar-refractivity contribution in [1.29, 1.82) is 0 Å². The molecule has 1 aromatic carbocycles. The van der Waals surface area contributed by atoms with Gasteiger partial charge in [0.25, 0.3) is 0 Å². The normalized spacial score (nSPS) is 14.1. The monoisotopic (exact) mass is 398 g/mol. The van der Waals surface area contributed by atoms with Gasteiger partial charge in [0.15, 0.2) is 0 Å². The molecule has 4 nitrogen and oxygen atoms in total. The number of aryl methyl sites for hydroxylation is 3. The number of nitrogens with one attached hydrogen (secondary N) is 1. The summed E-state index contributed by atoms with van der Waals surface area (Å²) in [5.74, 6) is -0.0357. The van der Waals surface area contributed by atoms with Crippen LogP contribution in [0.1, 0.15) is 46.1 Å². The van der Waals surface area contributed by atoms with Crippen LogP contribution in [0, 0.1) is 6.92 Å². The molecule has 6 heteroatoms. The van der Waals surface area contributed by atoms with Gasteiger partial charge >= 0.3 is 4.87 Å². The summed E-state index contributed by atoms with van der Waals surface area (Å²) >= 11 is 2.83. The zero-order chi connectivity index (χ0) is 18.8. The Morgan fingerprint density at radius 2 is 2.07 bits per heavy atom. The van der Waals surface area contributed by atoms with E-state index in [1.165, 1.54) is 28.9 Å². The fraction of sp³-hybridized carbons (Fsp3) is 0.333. The molecule has 1 N–H and O–H groups in total. The predicted octanol–water partition coefficient (Wildman–Crippen LogP) is 4.06. The molecule has 1 atom stereocenters. The Labute approximate surface area is 166 Å². The van der Waals surface area contributed by atoms with E-state index in [0.29, 0.717) is 13.0 Å². The highest BCUT2D eigenvalue weighted by atomic mass is 32.1. The van der Waals surface area contributed by atoms with Crippen molar-refractivity contribution < 1.29 is 4.79 Å². The second-order valence-electron chi connectivity index (χ2n) is 6.94. The predicted molar refractivity (Wildman–Crippen MR) is 111 cm³/mol. The van der Waals surface area contributed by atoms with Gasteiger partial charge in [-0.15, -0.1) is 11.3 Å². The number of benzene rings is 1. The molecule has 27 heavy (non-hydrogen) atoms. The van der Waals surface area contributed by atoms with Crippen LogP contribution < -0.4 is 10.2 Å². The number of rotatable bonds is 6. The molecular weight excluding hydrogens is 376 g/mol. The number of thiophene rings is 1. The van der Waals surface area contributed by atoms with Crippen molar-refractivity contribution in [1.82, 2.24) is 9.88 Å². The summed E-state index contributed by atoms with van der Waals surface area (Å²) in [5, 5.41) is 7.06. The van der Waals surface area contributed by atoms with E-state index in [2.05, 4.69) is 29.6 Å². The van der Waals surface area contributed by atoms with Gasteiger partial charge in [-0.25, -0.2) is 0 Å². The number of aromatic nitrogens is 1. The molecule has 0 unspecified atom stereocenters. The van der Waals surface area contributed by atoms with Crippen molar-refractivity contribution in [3.8, 4) is 0 Å². The summed E-state index contributed by atoms with van der Waals surface area (Å²) in [6.45, 7) is 2.32. The number of hydrogen-bond donors (Lipinski definition) is 1. The summed E-state index contributed by atoms with van der Waals surface area (Å²) in [4.78, 5) is 25.6. The van der Waals surface area contributed by atoms with Gasteiger partial charge in [0.2, 0.25) is 5.91 Å². The summed E-state index contributed by atoms with van der Waals surface area (Å²) < 4.78 is 1.67. The number of thiazole rings is 1. The molecule has 0 saturated carbocycles. The number of nitrogens with zero attached hydrogens (tertiary/aromatic N) is 1. The fourth-order valence-electron chi connectivity index (χ4n) is 3.67. The van der Waals surface area contributed by atoms with E-state index >= 15 is 0 Å². The maximum Gasteiger partial charge on any atom is 0.307 e. The van der Waals surface area contributed by atoms with Crippen LogP contribution in [0.15, 0.2) is 45.9 Å². The quantitative estimate of drug-likeness (QED) is 0.681. The van der Waals surface area contributed by atoms with Gasteiger partial charge in [0, 0.05) is 28.9 Å². The van der Waals surface area contributed by atoms with Gasteiger partial charge in [-0.2, -0.15) is 0 Å². The molecule has 0 fully saturated rings. The van der Waals surface area contributed by atoms with Crippen LogP contribution in [0.2, 0.25) is 0 Å². The Hall–Kier alpha value is -2.18. The van der Waals surface area contributed by atoms with Gasteiger partial charge in [-0.05, 0) is 54.3 Å². The first kappa shape index (κ1) is 18.2. The highest BCUT2D eigenvalue weighted by molar-refractivity contribution is 7.10. The van der Waals surface area contributed by atoms with E-state index in [1.54, 1.807) is 15.9 Å². The Morgan fingerprint density at radius 3 is 2.81 bits per heavy atom. The molecule has 0 saturated heterocycles. The molecule has 4 rings (SSSR count). The van der Waals surface area contributed by atoms with Crippen LogP contribution in [-0.4, -0.2) is 10.5 Å². The topological polar surface area (TPSA) is 51.1 Å². The molecule has 0 spiro atoms. The molecule has 1 aliphatic carbocycles. The zero-order valence-corrected chi connectivity index (χ0v) is 16.9. The first-order chi connectivity index (χ1) is 13.1. The fourth-order valence-corrected chi connectivity index (χ4v) is 5.23. The smallest absolute Gasteiger partial charge is 0.307 e. The van der Waals surface area contributed by atoms with Crippen molar-refractivity contribution in [3.63, 3.8) is 0 Å². The van der Waals surface area contributed by atoms with Crippen LogP contribution in [-0.2, 0) is 24.2 Å². The summed E-state index contributed by atoms with van der Waals surface area (Å²) in [7, 11) is 0. The molecule has 0 radical (unpaired) electrons. The van der Waals surface area contributed by atoms with Gasteiger partial charge in [-0.1, -0.05) is 35.6 Å². The maximum atomic E-state index is 12.7. The second kappa shape index (κ2) is 7.82. The van der Waals surface area contributed by atoms with Crippen molar-refractivity contribution in [2.75, 3.05) is 0 Å². The standard InChI is InChI=1S/C21H22N2O2S2/c1-14-13-27-21(25)23(14)10-9-19(24)22-20(18-6-3-11-26-18)17-8-7-15-4-2-5-16(15)12-17/h3,6-8,11-13,20H,2,4-5,9-10H2,1H3,(H,22,24)/t20-/m0/s1. The van der Waals surface area contributed by atoms with Crippen molar-refractivity contribution >= 4 is 28.6 Å². The summed E-state index contributed by atoms with van der Waals surface area (Å²) in [6.07, 6.45) is 3.78. The van der Waals surface area contributed by atoms with E-state index in [1.807, 2.05) is 23.8 Å². The average Bonchev–Trinajstić information content (AvgIpc) is 3.40. The lowest BCUT2D eigenvalue weighted by molar-refractivity contribution is -0.121. The third-order valence-electron chi connectivity index (χ3n) is 5.13. The van der Waals surface area contributed by atoms with Gasteiger partial charge in [0.1, 0.15) is 0 Å². The molecule has 2 aromatic heterocycles.